The van der Waals surface area contributed by atoms with Crippen molar-refractivity contribution in [2.24, 2.45) is 0 Å². The Kier molecular flexibility index (Phi) is 7.22. The number of alkyl halides is 3. The molecule has 1 aliphatic rings. The first-order valence-electron chi connectivity index (χ1n) is 8.34. The van der Waals surface area contributed by atoms with Crippen LogP contribution >= 0.6 is 11.6 Å². The van der Waals surface area contributed by atoms with Gasteiger partial charge >= 0.3 is 6.18 Å². The van der Waals surface area contributed by atoms with Crippen LogP contribution in [0.3, 0.4) is 0 Å². The van der Waals surface area contributed by atoms with E-state index >= 15 is 0 Å². The lowest BCUT2D eigenvalue weighted by atomic mass is 10.0. The summed E-state index contributed by atoms with van der Waals surface area (Å²) in [5.74, 6) is 1.10. The zero-order chi connectivity index (χ0) is 18.4. The van der Waals surface area contributed by atoms with E-state index < -0.39 is 12.7 Å². The van der Waals surface area contributed by atoms with E-state index in [1.807, 2.05) is 19.1 Å². The van der Waals surface area contributed by atoms with Gasteiger partial charge in [-0.3, -0.25) is 4.90 Å². The van der Waals surface area contributed by atoms with Crippen LogP contribution in [0.5, 0.6) is 11.5 Å². The molecular weight excluding hydrogens is 357 g/mol. The smallest absolute Gasteiger partial charge is 0.401 e. The second-order valence-corrected chi connectivity index (χ2v) is 6.50. The van der Waals surface area contributed by atoms with Crippen molar-refractivity contribution in [2.45, 2.75) is 38.5 Å². The van der Waals surface area contributed by atoms with Crippen LogP contribution in [0.4, 0.5) is 13.2 Å². The van der Waals surface area contributed by atoms with E-state index in [-0.39, 0.29) is 6.04 Å². The topological polar surface area (TPSA) is 33.7 Å². The third-order valence-corrected chi connectivity index (χ3v) is 4.44. The second kappa shape index (κ2) is 8.96. The van der Waals surface area contributed by atoms with Gasteiger partial charge in [-0.1, -0.05) is 11.6 Å². The van der Waals surface area contributed by atoms with Crippen LogP contribution in [0.25, 0.3) is 0 Å². The zero-order valence-corrected chi connectivity index (χ0v) is 15.2. The van der Waals surface area contributed by atoms with Crippen LogP contribution in [-0.4, -0.2) is 50.5 Å². The summed E-state index contributed by atoms with van der Waals surface area (Å²) in [4.78, 5) is 1.45. The molecule has 142 valence electrons. The van der Waals surface area contributed by atoms with Gasteiger partial charge in [0.25, 0.3) is 0 Å². The first-order chi connectivity index (χ1) is 11.8. The number of piperidine rings is 1. The average Bonchev–Trinajstić information content (AvgIpc) is 2.55. The lowest BCUT2D eigenvalue weighted by Crippen LogP contribution is -2.45. The molecule has 1 aromatic rings. The van der Waals surface area contributed by atoms with E-state index in [1.54, 1.807) is 7.11 Å². The summed E-state index contributed by atoms with van der Waals surface area (Å²) < 4.78 is 48.0. The molecule has 0 amide bonds. The van der Waals surface area contributed by atoms with Gasteiger partial charge in [-0.25, -0.2) is 0 Å². The number of nitrogens with one attached hydrogen (secondary N) is 1. The van der Waals surface area contributed by atoms with Gasteiger partial charge in [-0.2, -0.15) is 13.2 Å². The summed E-state index contributed by atoms with van der Waals surface area (Å²) in [7, 11) is 1.56. The van der Waals surface area contributed by atoms with Crippen molar-refractivity contribution in [3.8, 4) is 11.5 Å². The third kappa shape index (κ3) is 6.24. The van der Waals surface area contributed by atoms with Gasteiger partial charge in [0, 0.05) is 12.6 Å². The number of halogens is 4. The SMILES string of the molecule is CCOc1c(Cl)cc(CNC2CCN(CC(F)(F)F)CC2)cc1OC. The Balaban J connectivity index is 1.87. The van der Waals surface area contributed by atoms with E-state index in [2.05, 4.69) is 5.32 Å². The number of ether oxygens (including phenoxy) is 2. The van der Waals surface area contributed by atoms with E-state index in [0.29, 0.717) is 55.6 Å². The third-order valence-electron chi connectivity index (χ3n) is 4.16. The molecular formula is C17H24ClF3N2O2. The van der Waals surface area contributed by atoms with Gasteiger partial charge in [0.15, 0.2) is 11.5 Å². The molecule has 0 saturated carbocycles. The summed E-state index contributed by atoms with van der Waals surface area (Å²) in [6.07, 6.45) is -2.74. The van der Waals surface area contributed by atoms with E-state index in [1.165, 1.54) is 4.90 Å². The fourth-order valence-electron chi connectivity index (χ4n) is 2.97. The molecule has 1 fully saturated rings. The largest absolute Gasteiger partial charge is 0.493 e. The standard InChI is InChI=1S/C17H24ClF3N2O2/c1-3-25-16-14(18)8-12(9-15(16)24-2)10-22-13-4-6-23(7-5-13)11-17(19,20)21/h8-9,13,22H,3-7,10-11H2,1-2H3. The minimum absolute atomic E-state index is 0.195. The van der Waals surface area contributed by atoms with Crippen molar-refractivity contribution in [3.63, 3.8) is 0 Å². The molecule has 0 aromatic heterocycles. The normalized spacial score (nSPS) is 16.9. The molecule has 2 rings (SSSR count). The summed E-state index contributed by atoms with van der Waals surface area (Å²) in [6.45, 7) is 3.01. The van der Waals surface area contributed by atoms with Crippen molar-refractivity contribution in [3.05, 3.63) is 22.7 Å². The highest BCUT2D eigenvalue weighted by Gasteiger charge is 2.32. The Morgan fingerprint density at radius 1 is 1.28 bits per heavy atom. The number of nitrogens with zero attached hydrogens (tertiary/aromatic N) is 1. The Morgan fingerprint density at radius 3 is 2.52 bits per heavy atom. The molecule has 0 aliphatic carbocycles. The second-order valence-electron chi connectivity index (χ2n) is 6.09. The Labute approximate surface area is 151 Å². The van der Waals surface area contributed by atoms with Crippen molar-refractivity contribution >= 4 is 11.6 Å². The van der Waals surface area contributed by atoms with Crippen LogP contribution in [0.1, 0.15) is 25.3 Å². The summed E-state index contributed by atoms with van der Waals surface area (Å²) in [6, 6.07) is 3.88. The highest BCUT2D eigenvalue weighted by atomic mass is 35.5. The van der Waals surface area contributed by atoms with E-state index in [9.17, 15) is 13.2 Å². The molecule has 0 radical (unpaired) electrons. The molecule has 0 bridgehead atoms. The van der Waals surface area contributed by atoms with Crippen LogP contribution in [0.15, 0.2) is 12.1 Å². The fourth-order valence-corrected chi connectivity index (χ4v) is 3.26. The average molecular weight is 381 g/mol. The molecule has 1 saturated heterocycles. The van der Waals surface area contributed by atoms with Crippen LogP contribution in [-0.2, 0) is 6.54 Å². The number of likely N-dealkylation sites (tertiary alicyclic amines) is 1. The number of rotatable bonds is 7. The number of hydrogen-bond donors (Lipinski definition) is 1. The monoisotopic (exact) mass is 380 g/mol. The quantitative estimate of drug-likeness (QED) is 0.778. The molecule has 1 aliphatic heterocycles. The number of methoxy groups -OCH3 is 1. The predicted octanol–water partition coefficient (Wildman–Crippen LogP) is 3.86. The summed E-state index contributed by atoms with van der Waals surface area (Å²) in [5.41, 5.74) is 0.947. The van der Waals surface area contributed by atoms with Gasteiger partial charge < -0.3 is 14.8 Å². The Morgan fingerprint density at radius 2 is 1.96 bits per heavy atom. The summed E-state index contributed by atoms with van der Waals surface area (Å²) >= 11 is 6.25. The first kappa shape index (κ1) is 20.1. The molecule has 0 atom stereocenters. The van der Waals surface area contributed by atoms with Gasteiger partial charge in [-0.05, 0) is 50.6 Å². The van der Waals surface area contributed by atoms with Crippen molar-refractivity contribution in [2.75, 3.05) is 33.4 Å². The molecule has 4 nitrogen and oxygen atoms in total. The minimum atomic E-state index is -4.13. The number of benzene rings is 1. The maximum atomic E-state index is 12.4. The molecule has 1 aromatic carbocycles. The van der Waals surface area contributed by atoms with Crippen LogP contribution in [0, 0.1) is 0 Å². The van der Waals surface area contributed by atoms with Crippen molar-refractivity contribution < 1.29 is 22.6 Å². The molecule has 1 N–H and O–H groups in total. The highest BCUT2D eigenvalue weighted by Crippen LogP contribution is 2.36. The van der Waals surface area contributed by atoms with Gasteiger partial charge in [0.2, 0.25) is 0 Å². The Hall–Kier alpha value is -1.18. The maximum absolute atomic E-state index is 12.4. The first-order valence-corrected chi connectivity index (χ1v) is 8.72. The zero-order valence-electron chi connectivity index (χ0n) is 14.5. The maximum Gasteiger partial charge on any atom is 0.401 e. The highest BCUT2D eigenvalue weighted by molar-refractivity contribution is 6.32. The van der Waals surface area contributed by atoms with Gasteiger partial charge in [0.05, 0.1) is 25.3 Å². The minimum Gasteiger partial charge on any atom is -0.493 e. The van der Waals surface area contributed by atoms with Crippen molar-refractivity contribution in [1.29, 1.82) is 0 Å². The molecule has 25 heavy (non-hydrogen) atoms. The summed E-state index contributed by atoms with van der Waals surface area (Å²) in [5, 5.41) is 3.87. The lowest BCUT2D eigenvalue weighted by molar-refractivity contribution is -0.148. The predicted molar refractivity (Wildman–Crippen MR) is 91.5 cm³/mol. The Bertz CT molecular complexity index is 562. The van der Waals surface area contributed by atoms with E-state index in [4.69, 9.17) is 21.1 Å². The van der Waals surface area contributed by atoms with Crippen molar-refractivity contribution in [1.82, 2.24) is 10.2 Å². The molecule has 8 heteroatoms. The van der Waals surface area contributed by atoms with E-state index in [0.717, 1.165) is 5.56 Å². The molecule has 0 unspecified atom stereocenters. The van der Waals surface area contributed by atoms with Crippen LogP contribution in [0.2, 0.25) is 5.02 Å². The van der Waals surface area contributed by atoms with Crippen LogP contribution < -0.4 is 14.8 Å². The van der Waals surface area contributed by atoms with Gasteiger partial charge in [0.1, 0.15) is 0 Å². The lowest BCUT2D eigenvalue weighted by Gasteiger charge is -2.32. The molecule has 1 heterocycles. The fraction of sp³-hybridized carbons (Fsp3) is 0.647. The molecule has 0 spiro atoms. The number of hydrogen-bond acceptors (Lipinski definition) is 4. The van der Waals surface area contributed by atoms with Gasteiger partial charge in [-0.15, -0.1) is 0 Å².